The first-order chi connectivity index (χ1) is 8.67. The third-order valence-electron chi connectivity index (χ3n) is 2.86. The number of carboxylic acids is 1. The fraction of sp³-hybridized carbons (Fsp3) is 0.917. The van der Waals surface area contributed by atoms with E-state index in [0.29, 0.717) is 6.42 Å². The van der Waals surface area contributed by atoms with Crippen LogP contribution in [0.3, 0.4) is 0 Å². The summed E-state index contributed by atoms with van der Waals surface area (Å²) in [5, 5.41) is 12.1. The number of hydrogen-bond donors (Lipinski definition) is 2. The molecule has 1 unspecified atom stereocenters. The maximum absolute atomic E-state index is 12.4. The van der Waals surface area contributed by atoms with Crippen LogP contribution >= 0.6 is 7.60 Å². The Morgan fingerprint density at radius 3 is 1.95 bits per heavy atom. The molecule has 2 N–H and O–H groups in total. The van der Waals surface area contributed by atoms with Crippen molar-refractivity contribution in [2.24, 2.45) is 11.8 Å². The van der Waals surface area contributed by atoms with Crippen molar-refractivity contribution in [1.82, 2.24) is 5.32 Å². The van der Waals surface area contributed by atoms with Gasteiger partial charge in [-0.25, -0.2) is 0 Å². The lowest BCUT2D eigenvalue weighted by Crippen LogP contribution is -2.46. The molecule has 19 heavy (non-hydrogen) atoms. The Morgan fingerprint density at radius 2 is 1.68 bits per heavy atom. The van der Waals surface area contributed by atoms with Gasteiger partial charge in [-0.2, -0.15) is 0 Å². The molecule has 114 valence electrons. The van der Waals surface area contributed by atoms with Gasteiger partial charge in [-0.15, -0.1) is 0 Å². The molecule has 0 saturated carbocycles. The average Bonchev–Trinajstić information content (AvgIpc) is 2.32. The molecule has 0 aromatic rings. The molecule has 0 heterocycles. The molecule has 0 aliphatic carbocycles. The maximum atomic E-state index is 12.4. The SMILES string of the molecule is COP(=O)(OC)C(N[C@@H](CC(C)C)C(=O)O)C(C)C. The Morgan fingerprint density at radius 1 is 1.21 bits per heavy atom. The number of carboxylic acid groups (broad SMARTS) is 1. The number of hydrogen-bond acceptors (Lipinski definition) is 5. The Balaban J connectivity index is 5.10. The molecular formula is C12H26NO5P. The monoisotopic (exact) mass is 295 g/mol. The second kappa shape index (κ2) is 8.00. The van der Waals surface area contributed by atoms with Crippen molar-refractivity contribution in [2.45, 2.75) is 45.9 Å². The Labute approximate surface area is 115 Å². The molecule has 0 bridgehead atoms. The normalized spacial score (nSPS) is 15.8. The highest BCUT2D eigenvalue weighted by molar-refractivity contribution is 7.54. The Bertz CT molecular complexity index is 324. The summed E-state index contributed by atoms with van der Waals surface area (Å²) in [4.78, 5) is 11.3. The van der Waals surface area contributed by atoms with Crippen molar-refractivity contribution in [3.05, 3.63) is 0 Å². The molecule has 0 aromatic carbocycles. The lowest BCUT2D eigenvalue weighted by molar-refractivity contribution is -0.140. The fourth-order valence-electron chi connectivity index (χ4n) is 1.87. The van der Waals surface area contributed by atoms with Crippen LogP contribution in [0.4, 0.5) is 0 Å². The third kappa shape index (κ3) is 5.61. The minimum absolute atomic E-state index is 0.0836. The molecule has 0 spiro atoms. The summed E-state index contributed by atoms with van der Waals surface area (Å²) < 4.78 is 22.4. The van der Waals surface area contributed by atoms with E-state index in [1.807, 2.05) is 27.7 Å². The summed E-state index contributed by atoms with van der Waals surface area (Å²) in [6, 6.07) is -0.772. The van der Waals surface area contributed by atoms with Gasteiger partial charge in [0.15, 0.2) is 0 Å². The van der Waals surface area contributed by atoms with Gasteiger partial charge in [0.05, 0.1) is 0 Å². The first-order valence-corrected chi connectivity index (χ1v) is 7.99. The van der Waals surface area contributed by atoms with Crippen LogP contribution < -0.4 is 5.32 Å². The van der Waals surface area contributed by atoms with Crippen LogP contribution in [0.1, 0.15) is 34.1 Å². The third-order valence-corrected chi connectivity index (χ3v) is 5.30. The molecule has 0 aliphatic heterocycles. The second-order valence-electron chi connectivity index (χ2n) is 5.28. The van der Waals surface area contributed by atoms with Crippen molar-refractivity contribution in [3.8, 4) is 0 Å². The highest BCUT2D eigenvalue weighted by atomic mass is 31.2. The van der Waals surface area contributed by atoms with E-state index in [9.17, 15) is 14.5 Å². The molecular weight excluding hydrogens is 269 g/mol. The van der Waals surface area contributed by atoms with Gasteiger partial charge in [-0.3, -0.25) is 14.7 Å². The van der Waals surface area contributed by atoms with Crippen LogP contribution in [0, 0.1) is 11.8 Å². The second-order valence-corrected chi connectivity index (χ2v) is 7.65. The number of carbonyl (C=O) groups is 1. The predicted octanol–water partition coefficient (Wildman–Crippen LogP) is 2.54. The summed E-state index contributed by atoms with van der Waals surface area (Å²) >= 11 is 0. The van der Waals surface area contributed by atoms with Gasteiger partial charge in [0.25, 0.3) is 0 Å². The molecule has 0 fully saturated rings. The Kier molecular flexibility index (Phi) is 7.82. The van der Waals surface area contributed by atoms with Crippen LogP contribution in [0.15, 0.2) is 0 Å². The van der Waals surface area contributed by atoms with E-state index in [-0.39, 0.29) is 11.8 Å². The summed E-state index contributed by atoms with van der Waals surface area (Å²) in [5.74, 6) is -1.48. The molecule has 0 radical (unpaired) electrons. The van der Waals surface area contributed by atoms with Crippen molar-refractivity contribution in [3.63, 3.8) is 0 Å². The van der Waals surface area contributed by atoms with Crippen LogP contribution in [-0.4, -0.2) is 37.1 Å². The quantitative estimate of drug-likeness (QED) is 0.636. The zero-order valence-corrected chi connectivity index (χ0v) is 13.4. The zero-order chi connectivity index (χ0) is 15.2. The van der Waals surface area contributed by atoms with Crippen LogP contribution in [-0.2, 0) is 18.4 Å². The summed E-state index contributed by atoms with van der Waals surface area (Å²) in [6.07, 6.45) is 0.450. The zero-order valence-electron chi connectivity index (χ0n) is 12.5. The van der Waals surface area contributed by atoms with Crippen molar-refractivity contribution < 1.29 is 23.5 Å². The first-order valence-electron chi connectivity index (χ1n) is 6.38. The van der Waals surface area contributed by atoms with Crippen molar-refractivity contribution >= 4 is 13.6 Å². The van der Waals surface area contributed by atoms with Crippen LogP contribution in [0.2, 0.25) is 0 Å². The number of nitrogens with one attached hydrogen (secondary N) is 1. The minimum atomic E-state index is -3.36. The van der Waals surface area contributed by atoms with Crippen LogP contribution in [0.5, 0.6) is 0 Å². The van der Waals surface area contributed by atoms with Gasteiger partial charge < -0.3 is 14.2 Å². The minimum Gasteiger partial charge on any atom is -0.480 e. The summed E-state index contributed by atoms with van der Waals surface area (Å²) in [5.41, 5.74) is 0. The molecule has 0 aromatic heterocycles. The van der Waals surface area contributed by atoms with E-state index in [0.717, 1.165) is 0 Å². The average molecular weight is 295 g/mol. The molecule has 0 aliphatic rings. The van der Waals surface area contributed by atoms with Crippen molar-refractivity contribution in [2.75, 3.05) is 14.2 Å². The fourth-order valence-corrected chi connectivity index (χ4v) is 3.56. The van der Waals surface area contributed by atoms with Crippen molar-refractivity contribution in [1.29, 1.82) is 0 Å². The first kappa shape index (κ1) is 18.6. The molecule has 7 heteroatoms. The van der Waals surface area contributed by atoms with E-state index in [1.165, 1.54) is 14.2 Å². The van der Waals surface area contributed by atoms with E-state index < -0.39 is 25.4 Å². The van der Waals surface area contributed by atoms with Gasteiger partial charge in [-0.1, -0.05) is 27.7 Å². The largest absolute Gasteiger partial charge is 0.480 e. The predicted molar refractivity (Wildman–Crippen MR) is 74.3 cm³/mol. The number of rotatable bonds is 9. The summed E-state index contributed by atoms with van der Waals surface area (Å²) in [6.45, 7) is 7.57. The molecule has 0 rings (SSSR count). The topological polar surface area (TPSA) is 84.9 Å². The van der Waals surface area contributed by atoms with Gasteiger partial charge in [-0.05, 0) is 18.3 Å². The highest BCUT2D eigenvalue weighted by Crippen LogP contribution is 2.53. The molecule has 2 atom stereocenters. The van der Waals surface area contributed by atoms with E-state index in [4.69, 9.17) is 9.05 Å². The van der Waals surface area contributed by atoms with Crippen LogP contribution in [0.25, 0.3) is 0 Å². The van der Waals surface area contributed by atoms with Gasteiger partial charge in [0, 0.05) is 14.2 Å². The molecule has 6 nitrogen and oxygen atoms in total. The standard InChI is InChI=1S/C12H26NO5P/c1-8(2)7-10(12(14)15)13-11(9(3)4)19(16,17-5)18-6/h8-11,13H,7H2,1-6H3,(H,14,15)/t10-,11?/m0/s1. The maximum Gasteiger partial charge on any atom is 0.347 e. The van der Waals surface area contributed by atoms with Gasteiger partial charge in [0.1, 0.15) is 11.8 Å². The molecule has 0 saturated heterocycles. The lowest BCUT2D eigenvalue weighted by atomic mass is 10.0. The molecule has 0 amide bonds. The van der Waals surface area contributed by atoms with E-state index >= 15 is 0 Å². The smallest absolute Gasteiger partial charge is 0.347 e. The summed E-state index contributed by atoms with van der Waals surface area (Å²) in [7, 11) is -0.749. The van der Waals surface area contributed by atoms with E-state index in [1.54, 1.807) is 0 Å². The Hall–Kier alpha value is -0.420. The number of aliphatic carboxylic acids is 1. The highest BCUT2D eigenvalue weighted by Gasteiger charge is 2.39. The van der Waals surface area contributed by atoms with Gasteiger partial charge >= 0.3 is 13.6 Å². The van der Waals surface area contributed by atoms with E-state index in [2.05, 4.69) is 5.32 Å². The lowest BCUT2D eigenvalue weighted by Gasteiger charge is -2.31. The van der Waals surface area contributed by atoms with Gasteiger partial charge in [0.2, 0.25) is 0 Å².